The van der Waals surface area contributed by atoms with Gasteiger partial charge < -0.3 is 0 Å². The summed E-state index contributed by atoms with van der Waals surface area (Å²) in [5.41, 5.74) is 3.99. The van der Waals surface area contributed by atoms with Gasteiger partial charge >= 0.3 is 0 Å². The van der Waals surface area contributed by atoms with E-state index in [0.717, 1.165) is 37.2 Å². The molecule has 0 spiro atoms. The summed E-state index contributed by atoms with van der Waals surface area (Å²) in [6.45, 7) is 4.51. The van der Waals surface area contributed by atoms with E-state index in [9.17, 15) is 4.79 Å². The molecule has 0 N–H and O–H groups in total. The first kappa shape index (κ1) is 17.8. The molecule has 1 amide bonds. The molecule has 0 aliphatic carbocycles. The molecule has 0 radical (unpaired) electrons. The Morgan fingerprint density at radius 2 is 1.85 bits per heavy atom. The van der Waals surface area contributed by atoms with Crippen molar-refractivity contribution in [2.75, 3.05) is 4.90 Å². The molecular weight excluding hydrogens is 374 g/mol. The average Bonchev–Trinajstić information content (AvgIpc) is 3.27. The van der Waals surface area contributed by atoms with Crippen molar-refractivity contribution in [3.05, 3.63) is 75.7 Å². The van der Waals surface area contributed by atoms with Crippen LogP contribution in [0.4, 0.5) is 5.13 Å². The van der Waals surface area contributed by atoms with Crippen LogP contribution in [-0.4, -0.2) is 15.9 Å². The van der Waals surface area contributed by atoms with Gasteiger partial charge in [0.15, 0.2) is 5.13 Å². The van der Waals surface area contributed by atoms with Gasteiger partial charge in [-0.15, -0.1) is 11.3 Å². The van der Waals surface area contributed by atoms with Crippen LogP contribution in [0.25, 0.3) is 10.2 Å². The summed E-state index contributed by atoms with van der Waals surface area (Å²) >= 11 is 3.13. The number of anilines is 1. The van der Waals surface area contributed by atoms with Crippen molar-refractivity contribution in [2.24, 2.45) is 0 Å². The molecule has 0 fully saturated rings. The fraction of sp³-hybridized carbons (Fsp3) is 0.190. The van der Waals surface area contributed by atoms with Gasteiger partial charge in [0.2, 0.25) is 5.91 Å². The number of rotatable bonds is 5. The molecule has 0 atom stereocenters. The van der Waals surface area contributed by atoms with Crippen LogP contribution in [0.15, 0.2) is 53.9 Å². The summed E-state index contributed by atoms with van der Waals surface area (Å²) in [6, 6.07) is 16.2. The van der Waals surface area contributed by atoms with Gasteiger partial charge in [0.1, 0.15) is 0 Å². The summed E-state index contributed by atoms with van der Waals surface area (Å²) in [5, 5.41) is 3.67. The lowest BCUT2D eigenvalue weighted by molar-refractivity contribution is -0.118. The van der Waals surface area contributed by atoms with Crippen molar-refractivity contribution in [3.8, 4) is 0 Å². The van der Waals surface area contributed by atoms with E-state index in [-0.39, 0.29) is 12.3 Å². The number of carbonyl (C=O) groups is 1. The van der Waals surface area contributed by atoms with E-state index in [1.54, 1.807) is 27.6 Å². The number of fused-ring (bicyclic) bond motifs is 1. The lowest BCUT2D eigenvalue weighted by Gasteiger charge is -2.19. The number of aryl methyl sites for hydroxylation is 2. The predicted molar refractivity (Wildman–Crippen MR) is 113 cm³/mol. The van der Waals surface area contributed by atoms with E-state index in [0.29, 0.717) is 6.54 Å². The molecule has 2 heterocycles. The third kappa shape index (κ3) is 3.91. The van der Waals surface area contributed by atoms with Crippen molar-refractivity contribution in [1.29, 1.82) is 0 Å². The van der Waals surface area contributed by atoms with E-state index in [1.165, 1.54) is 0 Å². The number of benzene rings is 2. The van der Waals surface area contributed by atoms with Gasteiger partial charge in [0.25, 0.3) is 0 Å². The molecule has 4 rings (SSSR count). The molecule has 2 aromatic heterocycles. The van der Waals surface area contributed by atoms with Gasteiger partial charge in [-0.1, -0.05) is 53.8 Å². The Morgan fingerprint density at radius 3 is 2.56 bits per heavy atom. The summed E-state index contributed by atoms with van der Waals surface area (Å²) in [4.78, 5) is 24.2. The Bertz CT molecular complexity index is 1090. The van der Waals surface area contributed by atoms with E-state index in [2.05, 4.69) is 11.1 Å². The third-order valence-corrected chi connectivity index (χ3v) is 6.19. The van der Waals surface area contributed by atoms with E-state index in [4.69, 9.17) is 4.98 Å². The van der Waals surface area contributed by atoms with Crippen LogP contribution in [0.2, 0.25) is 0 Å². The smallest absolute Gasteiger partial charge is 0.235 e. The van der Waals surface area contributed by atoms with E-state index >= 15 is 0 Å². The fourth-order valence-electron chi connectivity index (χ4n) is 2.96. The number of hydrogen-bond donors (Lipinski definition) is 0. The zero-order valence-electron chi connectivity index (χ0n) is 15.2. The normalized spacial score (nSPS) is 11.0. The topological polar surface area (TPSA) is 46.1 Å². The van der Waals surface area contributed by atoms with Crippen LogP contribution in [0.3, 0.4) is 0 Å². The minimum absolute atomic E-state index is 0.0147. The first-order chi connectivity index (χ1) is 13.1. The minimum Gasteiger partial charge on any atom is -0.283 e. The van der Waals surface area contributed by atoms with Crippen LogP contribution in [0, 0.1) is 13.8 Å². The molecule has 0 aliphatic rings. The molecule has 0 bridgehead atoms. The van der Waals surface area contributed by atoms with Crippen LogP contribution < -0.4 is 4.90 Å². The average molecular weight is 394 g/mol. The van der Waals surface area contributed by atoms with Gasteiger partial charge in [-0.2, -0.15) is 0 Å². The highest BCUT2D eigenvalue weighted by atomic mass is 32.1. The standard InChI is InChI=1S/C21H19N3OS2/c1-14-7-6-10-18-20(14)23-21(27-18)24(12-16-8-4-3-5-9-16)19(25)11-17-13-26-15(2)22-17/h3-10,13H,11-12H2,1-2H3. The first-order valence-corrected chi connectivity index (χ1v) is 10.4. The molecule has 4 nitrogen and oxygen atoms in total. The Morgan fingerprint density at radius 1 is 1.04 bits per heavy atom. The quantitative estimate of drug-likeness (QED) is 0.471. The van der Waals surface area contributed by atoms with Crippen LogP contribution in [0.5, 0.6) is 0 Å². The summed E-state index contributed by atoms with van der Waals surface area (Å²) < 4.78 is 1.10. The summed E-state index contributed by atoms with van der Waals surface area (Å²) in [6.07, 6.45) is 0.284. The van der Waals surface area contributed by atoms with Gasteiger partial charge in [0.05, 0.1) is 33.9 Å². The lowest BCUT2D eigenvalue weighted by atomic mass is 10.2. The highest BCUT2D eigenvalue weighted by Gasteiger charge is 2.21. The van der Waals surface area contributed by atoms with Crippen LogP contribution >= 0.6 is 22.7 Å². The molecule has 6 heteroatoms. The molecule has 0 unspecified atom stereocenters. The maximum atomic E-state index is 13.1. The lowest BCUT2D eigenvalue weighted by Crippen LogP contribution is -2.31. The molecule has 4 aromatic rings. The highest BCUT2D eigenvalue weighted by molar-refractivity contribution is 7.22. The number of amides is 1. The summed E-state index contributed by atoms with van der Waals surface area (Å²) in [5.74, 6) is 0.0147. The number of nitrogens with zero attached hydrogens (tertiary/aromatic N) is 3. The Hall–Kier alpha value is -2.57. The number of thiazole rings is 2. The molecule has 2 aromatic carbocycles. The van der Waals surface area contributed by atoms with E-state index < -0.39 is 0 Å². The third-order valence-electron chi connectivity index (χ3n) is 4.32. The zero-order chi connectivity index (χ0) is 18.8. The molecule has 27 heavy (non-hydrogen) atoms. The summed E-state index contributed by atoms with van der Waals surface area (Å²) in [7, 11) is 0. The van der Waals surface area contributed by atoms with Crippen molar-refractivity contribution in [2.45, 2.75) is 26.8 Å². The number of para-hydroxylation sites is 1. The second-order valence-corrected chi connectivity index (χ2v) is 8.49. The minimum atomic E-state index is 0.0147. The monoisotopic (exact) mass is 393 g/mol. The van der Waals surface area contributed by atoms with Crippen LogP contribution in [0.1, 0.15) is 21.8 Å². The first-order valence-electron chi connectivity index (χ1n) is 8.71. The molecule has 0 saturated heterocycles. The van der Waals surface area contributed by atoms with Crippen molar-refractivity contribution in [1.82, 2.24) is 9.97 Å². The Labute approximate surface area is 166 Å². The molecular formula is C21H19N3OS2. The maximum Gasteiger partial charge on any atom is 0.235 e. The zero-order valence-corrected chi connectivity index (χ0v) is 16.8. The number of aromatic nitrogens is 2. The second kappa shape index (κ2) is 7.58. The van der Waals surface area contributed by atoms with Crippen molar-refractivity contribution < 1.29 is 4.79 Å². The Kier molecular flexibility index (Phi) is 5.01. The molecule has 136 valence electrons. The van der Waals surface area contributed by atoms with Crippen molar-refractivity contribution >= 4 is 43.9 Å². The largest absolute Gasteiger partial charge is 0.283 e. The van der Waals surface area contributed by atoms with Crippen molar-refractivity contribution in [3.63, 3.8) is 0 Å². The molecule has 0 saturated carbocycles. The van der Waals surface area contributed by atoms with Gasteiger partial charge in [-0.3, -0.25) is 9.69 Å². The SMILES string of the molecule is Cc1nc(CC(=O)N(Cc2ccccc2)c2nc3c(C)cccc3s2)cs1. The fourth-order valence-corrected chi connectivity index (χ4v) is 4.63. The molecule has 0 aliphatic heterocycles. The highest BCUT2D eigenvalue weighted by Crippen LogP contribution is 2.32. The number of carbonyl (C=O) groups excluding carboxylic acids is 1. The van der Waals surface area contributed by atoms with Gasteiger partial charge in [0, 0.05) is 5.38 Å². The van der Waals surface area contributed by atoms with E-state index in [1.807, 2.05) is 61.7 Å². The Balaban J connectivity index is 1.70. The number of hydrogen-bond acceptors (Lipinski definition) is 5. The van der Waals surface area contributed by atoms with Crippen LogP contribution in [-0.2, 0) is 17.8 Å². The predicted octanol–water partition coefficient (Wildman–Crippen LogP) is 5.15. The second-order valence-electron chi connectivity index (χ2n) is 6.42. The van der Waals surface area contributed by atoms with Gasteiger partial charge in [-0.05, 0) is 31.0 Å². The maximum absolute atomic E-state index is 13.1. The van der Waals surface area contributed by atoms with Gasteiger partial charge in [-0.25, -0.2) is 9.97 Å².